The third kappa shape index (κ3) is 10.2. The van der Waals surface area contributed by atoms with E-state index in [1.54, 1.807) is 9.69 Å². The van der Waals surface area contributed by atoms with E-state index in [1.807, 2.05) is 45.2 Å². The Morgan fingerprint density at radius 3 is 1.86 bits per heavy atom. The predicted molar refractivity (Wildman–Crippen MR) is 244 cm³/mol. The van der Waals surface area contributed by atoms with Crippen LogP contribution >= 0.6 is 11.3 Å². The maximum atomic E-state index is 11.7. The van der Waals surface area contributed by atoms with E-state index in [1.165, 1.54) is 58.2 Å². The number of rotatable bonds is 16. The number of aliphatic hydroxyl groups excluding tert-OH is 1. The van der Waals surface area contributed by atoms with Crippen LogP contribution in [0, 0.1) is 17.9 Å². The van der Waals surface area contributed by atoms with Crippen molar-refractivity contribution in [1.29, 1.82) is 0 Å². The van der Waals surface area contributed by atoms with Gasteiger partial charge in [0.2, 0.25) is 0 Å². The van der Waals surface area contributed by atoms with Gasteiger partial charge in [-0.1, -0.05) is 167 Å². The van der Waals surface area contributed by atoms with Crippen LogP contribution in [0.4, 0.5) is 0 Å². The summed E-state index contributed by atoms with van der Waals surface area (Å²) in [4.78, 5) is 16.8. The molecule has 0 unspecified atom stereocenters. The Morgan fingerprint density at radius 1 is 0.768 bits per heavy atom. The van der Waals surface area contributed by atoms with Crippen LogP contribution in [0.5, 0.6) is 0 Å². The van der Waals surface area contributed by atoms with Crippen molar-refractivity contribution < 1.29 is 30.0 Å². The van der Waals surface area contributed by atoms with Crippen molar-refractivity contribution in [3.05, 3.63) is 102 Å². The molecule has 2 heterocycles. The zero-order chi connectivity index (χ0) is 40.3. The number of ketones is 1. The molecule has 3 aromatic carbocycles. The minimum Gasteiger partial charge on any atom is -0.512 e. The Balaban J connectivity index is 0.000000448. The molecule has 0 aliphatic rings. The zero-order valence-electron chi connectivity index (χ0n) is 36.1. The first-order valence-electron chi connectivity index (χ1n) is 21.2. The number of carbonyl (C=O) groups excluding carboxylic acids is 1. The third-order valence-corrected chi connectivity index (χ3v) is 21.0. The van der Waals surface area contributed by atoms with Crippen LogP contribution in [-0.2, 0) is 30.3 Å². The summed E-state index contributed by atoms with van der Waals surface area (Å²) in [6, 6.07) is 31.2. The Bertz CT molecular complexity index is 1980. The molecule has 0 atom stereocenters. The van der Waals surface area contributed by atoms with E-state index < -0.39 is 8.07 Å². The van der Waals surface area contributed by atoms with Crippen molar-refractivity contribution >= 4 is 55.7 Å². The normalized spacial score (nSPS) is 12.4. The number of pyridine rings is 1. The van der Waals surface area contributed by atoms with Gasteiger partial charge in [0.1, 0.15) is 8.07 Å². The van der Waals surface area contributed by atoms with Gasteiger partial charge in [0.15, 0.2) is 5.78 Å². The molecular weight excluding hydrogens is 899 g/mol. The smallest absolute Gasteiger partial charge is 0.162 e. The molecule has 0 aliphatic heterocycles. The standard InChI is InChI=1S/C37H44NSSi.C13H24O2.Ir/c1-8-29(9-2)40(30(10-3)11-4,31-18-13-12-14-19-31)34-25-27-21-22-38-35(36(27)39-34)28-23-26-17-15-16-20-32(26)33(24-28)37(5,6)7;1-5-10(6-2)12(14)9-13(15)11(7-3)8-4;/h12-22,24-25,29-30H,8-11H2,1-7H3;9-11,14H,5-8H2,1-4H3;/q-1;;/b;12-9-;. The number of allylic oxidation sites excluding steroid dienone is 2. The first-order chi connectivity index (χ1) is 26.4. The van der Waals surface area contributed by atoms with E-state index in [-0.39, 0.29) is 48.9 Å². The van der Waals surface area contributed by atoms with Gasteiger partial charge >= 0.3 is 0 Å². The van der Waals surface area contributed by atoms with Gasteiger partial charge in [-0.3, -0.25) is 9.78 Å². The van der Waals surface area contributed by atoms with Crippen LogP contribution in [0.15, 0.2) is 90.8 Å². The van der Waals surface area contributed by atoms with Crippen molar-refractivity contribution in [3.8, 4) is 11.3 Å². The minimum absolute atomic E-state index is 0. The number of fused-ring (bicyclic) bond motifs is 2. The Kier molecular flexibility index (Phi) is 18.4. The maximum Gasteiger partial charge on any atom is 0.162 e. The summed E-state index contributed by atoms with van der Waals surface area (Å²) >= 11 is 2.04. The summed E-state index contributed by atoms with van der Waals surface area (Å²) in [5, 5.41) is 15.1. The molecule has 6 heteroatoms. The summed E-state index contributed by atoms with van der Waals surface area (Å²) in [5.74, 6) is 0.547. The van der Waals surface area contributed by atoms with Crippen LogP contribution < -0.4 is 9.69 Å². The molecule has 3 nitrogen and oxygen atoms in total. The molecule has 0 amide bonds. The van der Waals surface area contributed by atoms with E-state index in [0.717, 1.165) is 36.9 Å². The molecule has 56 heavy (non-hydrogen) atoms. The molecule has 0 bridgehead atoms. The van der Waals surface area contributed by atoms with Crippen molar-refractivity contribution in [3.63, 3.8) is 0 Å². The molecule has 2 aromatic heterocycles. The van der Waals surface area contributed by atoms with Gasteiger partial charge in [-0.05, 0) is 64.2 Å². The Hall–Kier alpha value is -2.89. The number of thiophene rings is 1. The molecular formula is C50H68IrNO2SSi-. The molecule has 5 aromatic rings. The van der Waals surface area contributed by atoms with Crippen LogP contribution in [0.3, 0.4) is 0 Å². The summed E-state index contributed by atoms with van der Waals surface area (Å²) in [6.07, 6.45) is 11.8. The SMILES string of the molecule is CCC(CC)C(=O)/C=C(\O)C(CC)CC.CCC(CC)[Si](c1ccccc1)(c1cc2ccnc(-c3[c-]c4ccccc4c(C(C)(C)C)c3)c2s1)C(CC)CC.[Ir]. The number of nitrogens with zero attached hydrogens (tertiary/aromatic N) is 1. The minimum atomic E-state index is -2.12. The number of hydrogen-bond acceptors (Lipinski definition) is 4. The van der Waals surface area contributed by atoms with Gasteiger partial charge in [-0.2, -0.15) is 11.3 Å². The summed E-state index contributed by atoms with van der Waals surface area (Å²) < 4.78 is 2.94. The monoisotopic (exact) mass is 967 g/mol. The summed E-state index contributed by atoms with van der Waals surface area (Å²) in [5.41, 5.74) is 4.97. The number of benzene rings is 3. The number of aliphatic hydroxyl groups is 1. The molecule has 1 radical (unpaired) electrons. The number of carbonyl (C=O) groups is 1. The van der Waals surface area contributed by atoms with E-state index >= 15 is 0 Å². The van der Waals surface area contributed by atoms with Crippen molar-refractivity contribution in [2.24, 2.45) is 11.8 Å². The van der Waals surface area contributed by atoms with Crippen LogP contribution in [0.2, 0.25) is 11.1 Å². The average molecular weight is 967 g/mol. The summed E-state index contributed by atoms with van der Waals surface area (Å²) in [6.45, 7) is 24.7. The Labute approximate surface area is 358 Å². The molecule has 1 N–H and O–H groups in total. The molecule has 0 saturated carbocycles. The maximum absolute atomic E-state index is 11.7. The van der Waals surface area contributed by atoms with Crippen molar-refractivity contribution in [1.82, 2.24) is 4.98 Å². The van der Waals surface area contributed by atoms with E-state index in [0.29, 0.717) is 11.1 Å². The summed E-state index contributed by atoms with van der Waals surface area (Å²) in [7, 11) is -2.12. The first kappa shape index (κ1) is 47.5. The zero-order valence-corrected chi connectivity index (χ0v) is 40.3. The topological polar surface area (TPSA) is 50.2 Å². The van der Waals surface area contributed by atoms with Gasteiger partial charge in [0.25, 0.3) is 0 Å². The second kappa shape index (κ2) is 21.7. The molecule has 0 fully saturated rings. The fourth-order valence-corrected chi connectivity index (χ4v) is 18.7. The molecule has 0 aliphatic carbocycles. The van der Waals surface area contributed by atoms with Crippen LogP contribution in [0.25, 0.3) is 32.1 Å². The second-order valence-corrected chi connectivity index (χ2v) is 22.2. The van der Waals surface area contributed by atoms with Gasteiger partial charge in [-0.15, -0.1) is 29.1 Å². The van der Waals surface area contributed by atoms with E-state index in [9.17, 15) is 9.90 Å². The molecule has 305 valence electrons. The van der Waals surface area contributed by atoms with Gasteiger partial charge in [0.05, 0.1) is 5.76 Å². The van der Waals surface area contributed by atoms with Gasteiger partial charge in [0, 0.05) is 54.6 Å². The largest absolute Gasteiger partial charge is 0.512 e. The van der Waals surface area contributed by atoms with Gasteiger partial charge < -0.3 is 5.11 Å². The fraction of sp³-hybridized carbons (Fsp3) is 0.480. The Morgan fingerprint density at radius 2 is 1.32 bits per heavy atom. The second-order valence-electron chi connectivity index (χ2n) is 16.3. The van der Waals surface area contributed by atoms with Crippen molar-refractivity contribution in [2.75, 3.05) is 0 Å². The number of hydrogen-bond donors (Lipinski definition) is 1. The van der Waals surface area contributed by atoms with E-state index in [4.69, 9.17) is 4.98 Å². The van der Waals surface area contributed by atoms with Gasteiger partial charge in [-0.25, -0.2) is 0 Å². The van der Waals surface area contributed by atoms with Crippen molar-refractivity contribution in [2.45, 2.75) is 144 Å². The third-order valence-electron chi connectivity index (χ3n) is 12.3. The predicted octanol–water partition coefficient (Wildman–Crippen LogP) is 14.0. The quantitative estimate of drug-likeness (QED) is 0.0464. The van der Waals surface area contributed by atoms with E-state index in [2.05, 4.69) is 127 Å². The molecule has 0 saturated heterocycles. The first-order valence-corrected chi connectivity index (χ1v) is 24.2. The fourth-order valence-electron chi connectivity index (χ4n) is 9.05. The number of aromatic nitrogens is 1. The van der Waals surface area contributed by atoms with Crippen LogP contribution in [0.1, 0.15) is 133 Å². The van der Waals surface area contributed by atoms with Crippen LogP contribution in [-0.4, -0.2) is 23.9 Å². The molecule has 0 spiro atoms. The average Bonchev–Trinajstić information content (AvgIpc) is 3.63. The molecule has 5 rings (SSSR count).